The van der Waals surface area contributed by atoms with Gasteiger partial charge in [-0.2, -0.15) is 0 Å². The summed E-state index contributed by atoms with van der Waals surface area (Å²) in [5.74, 6) is -1.17. The molecule has 1 saturated heterocycles. The molecule has 0 spiro atoms. The van der Waals surface area contributed by atoms with Crippen LogP contribution in [0.2, 0.25) is 0 Å². The lowest BCUT2D eigenvalue weighted by Crippen LogP contribution is -2.33. The third-order valence-corrected chi connectivity index (χ3v) is 3.50. The third-order valence-electron chi connectivity index (χ3n) is 3.50. The minimum Gasteiger partial charge on any atom is -0.478 e. The number of rotatable bonds is 3. The maximum absolute atomic E-state index is 12.5. The molecule has 1 amide bonds. The van der Waals surface area contributed by atoms with Gasteiger partial charge in [0.1, 0.15) is 0 Å². The van der Waals surface area contributed by atoms with Crippen LogP contribution in [0.25, 0.3) is 6.08 Å². The largest absolute Gasteiger partial charge is 0.478 e. The number of aliphatic carboxylic acids is 1. The molecule has 21 heavy (non-hydrogen) atoms. The van der Waals surface area contributed by atoms with E-state index in [1.807, 2.05) is 13.0 Å². The van der Waals surface area contributed by atoms with Crippen LogP contribution in [0.5, 0.6) is 0 Å². The van der Waals surface area contributed by atoms with Crippen LogP contribution in [0.3, 0.4) is 0 Å². The molecule has 1 heterocycles. The van der Waals surface area contributed by atoms with Crippen molar-refractivity contribution in [1.82, 2.24) is 4.90 Å². The van der Waals surface area contributed by atoms with Crippen LogP contribution in [0.4, 0.5) is 0 Å². The van der Waals surface area contributed by atoms with E-state index in [2.05, 4.69) is 0 Å². The number of hydrogen-bond donors (Lipinski definition) is 2. The van der Waals surface area contributed by atoms with Crippen molar-refractivity contribution < 1.29 is 19.8 Å². The summed E-state index contributed by atoms with van der Waals surface area (Å²) in [6, 6.07) is 5.26. The van der Waals surface area contributed by atoms with E-state index < -0.39 is 11.6 Å². The van der Waals surface area contributed by atoms with E-state index >= 15 is 0 Å². The first-order valence-electron chi connectivity index (χ1n) is 6.81. The van der Waals surface area contributed by atoms with E-state index in [1.165, 1.54) is 6.08 Å². The number of carboxylic acids is 1. The summed E-state index contributed by atoms with van der Waals surface area (Å²) in [5.41, 5.74) is 1.24. The molecule has 0 radical (unpaired) electrons. The summed E-state index contributed by atoms with van der Waals surface area (Å²) in [6.07, 6.45) is 3.08. The Labute approximate surface area is 123 Å². The summed E-state index contributed by atoms with van der Waals surface area (Å²) in [4.78, 5) is 24.6. The van der Waals surface area contributed by atoms with Gasteiger partial charge < -0.3 is 15.1 Å². The first-order valence-corrected chi connectivity index (χ1v) is 6.81. The fourth-order valence-electron chi connectivity index (χ4n) is 2.50. The molecule has 5 nitrogen and oxygen atoms in total. The molecule has 1 aromatic rings. The van der Waals surface area contributed by atoms with E-state index in [4.69, 9.17) is 5.11 Å². The van der Waals surface area contributed by atoms with Crippen LogP contribution < -0.4 is 0 Å². The Morgan fingerprint density at radius 1 is 1.33 bits per heavy atom. The first kappa shape index (κ1) is 15.3. The second-order valence-corrected chi connectivity index (χ2v) is 5.78. The van der Waals surface area contributed by atoms with Gasteiger partial charge in [0.05, 0.1) is 5.60 Å². The van der Waals surface area contributed by atoms with E-state index in [1.54, 1.807) is 24.0 Å². The van der Waals surface area contributed by atoms with E-state index in [0.29, 0.717) is 30.6 Å². The van der Waals surface area contributed by atoms with Crippen molar-refractivity contribution >= 4 is 18.0 Å². The normalized spacial score (nSPS) is 22.0. The molecule has 5 heteroatoms. The predicted octanol–water partition coefficient (Wildman–Crippen LogP) is 1.69. The van der Waals surface area contributed by atoms with Crippen molar-refractivity contribution in [3.05, 3.63) is 41.0 Å². The minimum absolute atomic E-state index is 0.138. The molecule has 1 atom stereocenters. The molecule has 0 bridgehead atoms. The average molecular weight is 289 g/mol. The number of hydrogen-bond acceptors (Lipinski definition) is 3. The van der Waals surface area contributed by atoms with Gasteiger partial charge in [0.25, 0.3) is 5.91 Å². The van der Waals surface area contributed by atoms with Crippen LogP contribution >= 0.6 is 0 Å². The third kappa shape index (κ3) is 3.92. The van der Waals surface area contributed by atoms with Gasteiger partial charge in [-0.15, -0.1) is 0 Å². The van der Waals surface area contributed by atoms with E-state index in [-0.39, 0.29) is 5.91 Å². The standard InChI is InChI=1S/C16H19NO4/c1-11-7-12(3-4-14(18)19)9-13(8-11)15(20)17-6-5-16(2,21)10-17/h3-4,7-9,21H,5-6,10H2,1-2H3,(H,18,19)/b4-3+. The van der Waals surface area contributed by atoms with Gasteiger partial charge in [-0.3, -0.25) is 4.79 Å². The molecule has 1 fully saturated rings. The quantitative estimate of drug-likeness (QED) is 0.830. The van der Waals surface area contributed by atoms with Gasteiger partial charge in [0, 0.05) is 24.7 Å². The summed E-state index contributed by atoms with van der Waals surface area (Å²) in [5, 5.41) is 18.6. The molecular formula is C16H19NO4. The van der Waals surface area contributed by atoms with Gasteiger partial charge in [0.2, 0.25) is 0 Å². The SMILES string of the molecule is Cc1cc(/C=C/C(=O)O)cc(C(=O)N2CCC(C)(O)C2)c1. The molecule has 2 N–H and O–H groups in total. The topological polar surface area (TPSA) is 77.8 Å². The van der Waals surface area contributed by atoms with E-state index in [0.717, 1.165) is 11.6 Å². The maximum atomic E-state index is 12.5. The van der Waals surface area contributed by atoms with Crippen molar-refractivity contribution in [2.75, 3.05) is 13.1 Å². The van der Waals surface area contributed by atoms with Crippen LogP contribution in [0.15, 0.2) is 24.3 Å². The fraction of sp³-hybridized carbons (Fsp3) is 0.375. The number of carbonyl (C=O) groups excluding carboxylic acids is 1. The van der Waals surface area contributed by atoms with Crippen molar-refractivity contribution in [3.63, 3.8) is 0 Å². The molecule has 0 aliphatic carbocycles. The second kappa shape index (κ2) is 5.69. The predicted molar refractivity (Wildman–Crippen MR) is 79.0 cm³/mol. The Balaban J connectivity index is 2.23. The molecule has 1 aromatic carbocycles. The Hall–Kier alpha value is -2.14. The first-order chi connectivity index (χ1) is 9.77. The number of aryl methyl sites for hydroxylation is 1. The van der Waals surface area contributed by atoms with Gasteiger partial charge in [0.15, 0.2) is 0 Å². The van der Waals surface area contributed by atoms with Gasteiger partial charge in [-0.1, -0.05) is 6.07 Å². The van der Waals surface area contributed by atoms with Crippen molar-refractivity contribution in [2.24, 2.45) is 0 Å². The maximum Gasteiger partial charge on any atom is 0.328 e. The number of aliphatic hydroxyl groups is 1. The Morgan fingerprint density at radius 3 is 2.62 bits per heavy atom. The lowest BCUT2D eigenvalue weighted by atomic mass is 10.0. The molecule has 2 rings (SSSR count). The highest BCUT2D eigenvalue weighted by Gasteiger charge is 2.34. The Morgan fingerprint density at radius 2 is 2.05 bits per heavy atom. The average Bonchev–Trinajstić information content (AvgIpc) is 2.75. The lowest BCUT2D eigenvalue weighted by Gasteiger charge is -2.19. The zero-order valence-electron chi connectivity index (χ0n) is 12.2. The number of nitrogens with zero attached hydrogens (tertiary/aromatic N) is 1. The fourth-order valence-corrected chi connectivity index (χ4v) is 2.50. The highest BCUT2D eigenvalue weighted by Crippen LogP contribution is 2.23. The van der Waals surface area contributed by atoms with Crippen LogP contribution in [0, 0.1) is 6.92 Å². The lowest BCUT2D eigenvalue weighted by molar-refractivity contribution is -0.131. The number of β-amino-alcohol motifs (C(OH)–C–C–N with tert-alkyl or cyclic N) is 1. The molecule has 1 aliphatic rings. The molecule has 1 aliphatic heterocycles. The highest BCUT2D eigenvalue weighted by atomic mass is 16.4. The number of benzene rings is 1. The zero-order chi connectivity index (χ0) is 15.6. The van der Waals surface area contributed by atoms with E-state index in [9.17, 15) is 14.7 Å². The summed E-state index contributed by atoms with van der Waals surface area (Å²) in [7, 11) is 0. The van der Waals surface area contributed by atoms with Gasteiger partial charge >= 0.3 is 5.97 Å². The number of carbonyl (C=O) groups is 2. The van der Waals surface area contributed by atoms with Crippen LogP contribution in [0.1, 0.15) is 34.8 Å². The molecule has 112 valence electrons. The smallest absolute Gasteiger partial charge is 0.328 e. The van der Waals surface area contributed by atoms with Gasteiger partial charge in [-0.05, 0) is 49.6 Å². The van der Waals surface area contributed by atoms with Crippen molar-refractivity contribution in [1.29, 1.82) is 0 Å². The van der Waals surface area contributed by atoms with Crippen LogP contribution in [-0.4, -0.2) is 45.7 Å². The highest BCUT2D eigenvalue weighted by molar-refractivity contribution is 5.95. The molecule has 1 unspecified atom stereocenters. The number of carboxylic acid groups (broad SMARTS) is 1. The zero-order valence-corrected chi connectivity index (χ0v) is 12.2. The van der Waals surface area contributed by atoms with Crippen molar-refractivity contribution in [3.8, 4) is 0 Å². The second-order valence-electron chi connectivity index (χ2n) is 5.78. The Kier molecular flexibility index (Phi) is 4.14. The minimum atomic E-state index is -1.03. The number of likely N-dealkylation sites (tertiary alicyclic amines) is 1. The van der Waals surface area contributed by atoms with Gasteiger partial charge in [-0.25, -0.2) is 4.79 Å². The van der Waals surface area contributed by atoms with Crippen molar-refractivity contribution in [2.45, 2.75) is 25.9 Å². The number of amides is 1. The summed E-state index contributed by atoms with van der Waals surface area (Å²) < 4.78 is 0. The molecule has 0 aromatic heterocycles. The van der Waals surface area contributed by atoms with Crippen LogP contribution in [-0.2, 0) is 4.79 Å². The molecule has 0 saturated carbocycles. The monoisotopic (exact) mass is 289 g/mol. The molecular weight excluding hydrogens is 270 g/mol. The Bertz CT molecular complexity index is 604. The summed E-state index contributed by atoms with van der Waals surface area (Å²) >= 11 is 0. The summed E-state index contributed by atoms with van der Waals surface area (Å²) in [6.45, 7) is 4.42.